The average Bonchev–Trinajstić information content (AvgIpc) is 2.14. The number of hydrogen-bond acceptors (Lipinski definition) is 2. The van der Waals surface area contributed by atoms with Crippen LogP contribution < -0.4 is 0 Å². The predicted molar refractivity (Wildman–Crippen MR) is 72.8 cm³/mol. The molecule has 1 atom stereocenters. The van der Waals surface area contributed by atoms with Crippen molar-refractivity contribution in [2.75, 3.05) is 0 Å². The van der Waals surface area contributed by atoms with E-state index in [0.29, 0.717) is 5.54 Å². The molecule has 1 N–H and O–H groups in total. The maximum atomic E-state index is 11.1. The molecule has 0 aliphatic carbocycles. The Bertz CT molecular complexity index is 515. The fraction of sp³-hybridized carbons (Fsp3) is 0.500. The van der Waals surface area contributed by atoms with Crippen LogP contribution in [0.5, 0.6) is 0 Å². The lowest BCUT2D eigenvalue weighted by Crippen LogP contribution is -2.29. The molecule has 5 heteroatoms. The van der Waals surface area contributed by atoms with E-state index in [1.807, 2.05) is 6.92 Å². The van der Waals surface area contributed by atoms with Gasteiger partial charge in [-0.15, -0.1) is 0 Å². The van der Waals surface area contributed by atoms with Crippen LogP contribution in [0.3, 0.4) is 0 Å². The van der Waals surface area contributed by atoms with Crippen molar-refractivity contribution in [2.45, 2.75) is 43.9 Å². The quantitative estimate of drug-likeness (QED) is 0.679. The zero-order chi connectivity index (χ0) is 13.4. The van der Waals surface area contributed by atoms with Crippen molar-refractivity contribution in [3.05, 3.63) is 29.3 Å². The van der Waals surface area contributed by atoms with Crippen LogP contribution in [0.15, 0.2) is 23.1 Å². The Labute approximate surface area is 105 Å². The molecular weight excluding hydrogens is 252 g/mol. The largest absolute Gasteiger partial charge is 0.294 e. The summed E-state index contributed by atoms with van der Waals surface area (Å²) in [4.78, 5) is -0.0109. The van der Waals surface area contributed by atoms with E-state index in [9.17, 15) is 8.42 Å². The third-order valence-electron chi connectivity index (χ3n) is 3.31. The van der Waals surface area contributed by atoms with Crippen molar-refractivity contribution in [3.8, 4) is 0 Å². The van der Waals surface area contributed by atoms with Crippen LogP contribution in [0.4, 0.5) is 0 Å². The minimum Gasteiger partial charge on any atom is -0.282 e. The van der Waals surface area contributed by atoms with Gasteiger partial charge in [-0.25, -0.2) is 0 Å². The Morgan fingerprint density at radius 2 is 1.76 bits per heavy atom. The average molecular weight is 272 g/mol. The molecule has 0 aromatic heterocycles. The van der Waals surface area contributed by atoms with Gasteiger partial charge >= 0.3 is 0 Å². The van der Waals surface area contributed by atoms with Crippen LogP contribution in [-0.4, -0.2) is 21.0 Å². The topological polar surface area (TPSA) is 54.4 Å². The number of aryl methyl sites for hydroxylation is 1. The highest BCUT2D eigenvalue weighted by molar-refractivity contribution is 7.85. The molecule has 0 amide bonds. The van der Waals surface area contributed by atoms with E-state index in [2.05, 4.69) is 26.6 Å². The summed E-state index contributed by atoms with van der Waals surface area (Å²) < 4.78 is 31.3. The highest BCUT2D eigenvalue weighted by Gasteiger charge is 2.26. The minimum absolute atomic E-state index is 0.0109. The van der Waals surface area contributed by atoms with Gasteiger partial charge in [0.15, 0.2) is 0 Å². The smallest absolute Gasteiger partial charge is 0.282 e. The van der Waals surface area contributed by atoms with Gasteiger partial charge in [0.2, 0.25) is 0 Å². The van der Waals surface area contributed by atoms with Gasteiger partial charge in [-0.1, -0.05) is 32.6 Å². The molecule has 0 saturated carbocycles. The van der Waals surface area contributed by atoms with Crippen molar-refractivity contribution < 1.29 is 13.0 Å². The van der Waals surface area contributed by atoms with Gasteiger partial charge in [0, 0.05) is 0 Å². The number of hydrogen-bond donors (Lipinski definition) is 1. The highest BCUT2D eigenvalue weighted by Crippen LogP contribution is 2.30. The molecule has 96 valence electrons. The van der Waals surface area contributed by atoms with E-state index in [0.717, 1.165) is 11.1 Å². The number of rotatable bonds is 3. The second-order valence-electron chi connectivity index (χ2n) is 5.58. The minimum atomic E-state index is -4.11. The van der Waals surface area contributed by atoms with Gasteiger partial charge in [0.25, 0.3) is 10.1 Å². The summed E-state index contributed by atoms with van der Waals surface area (Å²) in [6.45, 7) is 10.8. The zero-order valence-electron chi connectivity index (χ0n) is 11.0. The summed E-state index contributed by atoms with van der Waals surface area (Å²) >= 11 is 0. The van der Waals surface area contributed by atoms with Crippen molar-refractivity contribution in [1.82, 2.24) is 0 Å². The lowest BCUT2D eigenvalue weighted by molar-refractivity contribution is 0.483. The van der Waals surface area contributed by atoms with E-state index < -0.39 is 18.2 Å². The van der Waals surface area contributed by atoms with Crippen LogP contribution in [0.2, 0.25) is 19.6 Å². The SMILES string of the molecule is Cc1ccc(S(=O)(=O)O)cc1C(C)[Si](C)(C)C. The Morgan fingerprint density at radius 1 is 1.24 bits per heavy atom. The normalized spacial score (nSPS) is 14.7. The van der Waals surface area contributed by atoms with Crippen LogP contribution in [-0.2, 0) is 10.1 Å². The summed E-state index contributed by atoms with van der Waals surface area (Å²) in [5, 5.41) is 0. The molecule has 1 aromatic carbocycles. The maximum absolute atomic E-state index is 11.1. The molecule has 0 heterocycles. The van der Waals surface area contributed by atoms with Gasteiger partial charge < -0.3 is 0 Å². The van der Waals surface area contributed by atoms with Gasteiger partial charge in [-0.05, 0) is 35.7 Å². The van der Waals surface area contributed by atoms with Crippen molar-refractivity contribution in [3.63, 3.8) is 0 Å². The van der Waals surface area contributed by atoms with Gasteiger partial charge in [0.05, 0.1) is 13.0 Å². The van der Waals surface area contributed by atoms with Crippen LogP contribution in [0, 0.1) is 6.92 Å². The third-order valence-corrected chi connectivity index (χ3v) is 7.07. The zero-order valence-corrected chi connectivity index (χ0v) is 12.8. The summed E-state index contributed by atoms with van der Waals surface area (Å²) in [6.07, 6.45) is 0. The van der Waals surface area contributed by atoms with Crippen LogP contribution >= 0.6 is 0 Å². The first-order valence-corrected chi connectivity index (χ1v) is 10.6. The fourth-order valence-electron chi connectivity index (χ4n) is 1.71. The first-order chi connectivity index (χ1) is 7.53. The van der Waals surface area contributed by atoms with Gasteiger partial charge in [-0.3, -0.25) is 4.55 Å². The van der Waals surface area contributed by atoms with E-state index in [1.54, 1.807) is 12.1 Å². The molecule has 0 aliphatic rings. The van der Waals surface area contributed by atoms with Crippen molar-refractivity contribution in [2.24, 2.45) is 0 Å². The highest BCUT2D eigenvalue weighted by atomic mass is 32.2. The summed E-state index contributed by atoms with van der Waals surface area (Å²) in [5.41, 5.74) is 2.45. The predicted octanol–water partition coefficient (Wildman–Crippen LogP) is 3.22. The second-order valence-corrected chi connectivity index (χ2v) is 12.6. The third kappa shape index (κ3) is 3.40. The Morgan fingerprint density at radius 3 is 2.18 bits per heavy atom. The summed E-state index contributed by atoms with van der Waals surface area (Å²) in [6, 6.07) is 4.81. The molecule has 0 spiro atoms. The van der Waals surface area contributed by atoms with E-state index in [4.69, 9.17) is 4.55 Å². The van der Waals surface area contributed by atoms with Crippen LogP contribution in [0.1, 0.15) is 23.6 Å². The second kappa shape index (κ2) is 4.55. The van der Waals surface area contributed by atoms with Gasteiger partial charge in [-0.2, -0.15) is 8.42 Å². The fourth-order valence-corrected chi connectivity index (χ4v) is 3.47. The lowest BCUT2D eigenvalue weighted by atomic mass is 10.1. The lowest BCUT2D eigenvalue weighted by Gasteiger charge is -2.27. The number of benzene rings is 1. The monoisotopic (exact) mass is 272 g/mol. The molecule has 1 rings (SSSR count). The molecule has 0 radical (unpaired) electrons. The standard InChI is InChI=1S/C12H20O3SSi/c1-9-6-7-11(16(13,14)15)8-12(9)10(2)17(3,4)5/h6-8,10H,1-5H3,(H,13,14,15). The molecular formula is C12H20O3SSi. The molecule has 1 aromatic rings. The molecule has 0 saturated heterocycles. The van der Waals surface area contributed by atoms with Crippen molar-refractivity contribution in [1.29, 1.82) is 0 Å². The first-order valence-electron chi connectivity index (χ1n) is 5.61. The maximum Gasteiger partial charge on any atom is 0.294 e. The summed E-state index contributed by atoms with van der Waals surface area (Å²) in [7, 11) is -5.50. The van der Waals surface area contributed by atoms with E-state index >= 15 is 0 Å². The molecule has 0 fully saturated rings. The molecule has 1 unspecified atom stereocenters. The van der Waals surface area contributed by atoms with Crippen LogP contribution in [0.25, 0.3) is 0 Å². The Balaban J connectivity index is 3.35. The van der Waals surface area contributed by atoms with Crippen molar-refractivity contribution >= 4 is 18.2 Å². The Kier molecular flexibility index (Phi) is 3.86. The molecule has 3 nitrogen and oxygen atoms in total. The molecule has 17 heavy (non-hydrogen) atoms. The first kappa shape index (κ1) is 14.4. The molecule has 0 bridgehead atoms. The van der Waals surface area contributed by atoms with E-state index in [-0.39, 0.29) is 4.90 Å². The summed E-state index contributed by atoms with van der Waals surface area (Å²) in [5.74, 6) is 0. The Hall–Kier alpha value is -0.653. The van der Waals surface area contributed by atoms with Gasteiger partial charge in [0.1, 0.15) is 0 Å². The van der Waals surface area contributed by atoms with E-state index in [1.165, 1.54) is 6.07 Å². The molecule has 0 aliphatic heterocycles.